The van der Waals surface area contributed by atoms with Gasteiger partial charge in [-0.05, 0) is 31.0 Å². The highest BCUT2D eigenvalue weighted by Crippen LogP contribution is 2.33. The Balaban J connectivity index is 1.70. The average molecular weight is 367 g/mol. The maximum absolute atomic E-state index is 5.77. The molecule has 0 spiro atoms. The Morgan fingerprint density at radius 2 is 2.33 bits per heavy atom. The van der Waals surface area contributed by atoms with Gasteiger partial charge in [0.15, 0.2) is 0 Å². The number of aromatic nitrogens is 1. The molecule has 2 aromatic rings. The van der Waals surface area contributed by atoms with Gasteiger partial charge in [0.2, 0.25) is 0 Å². The summed E-state index contributed by atoms with van der Waals surface area (Å²) in [5.41, 5.74) is 2.52. The number of hydrogen-bond donors (Lipinski definition) is 1. The molecule has 0 radical (unpaired) electrons. The second-order valence-corrected chi connectivity index (χ2v) is 7.34. The molecule has 0 saturated carbocycles. The molecular formula is C16H19BrN2OS. The third-order valence-corrected chi connectivity index (χ3v) is 5.50. The quantitative estimate of drug-likeness (QED) is 0.858. The molecule has 0 aliphatic carbocycles. The minimum atomic E-state index is 0.256. The summed E-state index contributed by atoms with van der Waals surface area (Å²) < 4.78 is 6.89. The molecule has 112 valence electrons. The van der Waals surface area contributed by atoms with Crippen LogP contribution in [0.25, 0.3) is 0 Å². The first kappa shape index (κ1) is 15.0. The Bertz CT molecular complexity index is 641. The SMILES string of the molecule is CCc1cnc(C(C)NCc2cc(Br)cc3c2OCC3)s1. The van der Waals surface area contributed by atoms with Gasteiger partial charge in [0.05, 0.1) is 12.6 Å². The fourth-order valence-electron chi connectivity index (χ4n) is 2.51. The minimum Gasteiger partial charge on any atom is -0.493 e. The van der Waals surface area contributed by atoms with Crippen molar-refractivity contribution in [2.24, 2.45) is 0 Å². The number of thiazole rings is 1. The van der Waals surface area contributed by atoms with Crippen LogP contribution in [0.5, 0.6) is 5.75 Å². The van der Waals surface area contributed by atoms with Gasteiger partial charge in [-0.3, -0.25) is 0 Å². The van der Waals surface area contributed by atoms with Gasteiger partial charge in [0, 0.05) is 34.1 Å². The molecule has 5 heteroatoms. The molecule has 2 heterocycles. The van der Waals surface area contributed by atoms with E-state index in [0.717, 1.165) is 41.2 Å². The zero-order valence-corrected chi connectivity index (χ0v) is 14.7. The molecule has 0 bridgehead atoms. The summed E-state index contributed by atoms with van der Waals surface area (Å²) in [5, 5.41) is 4.71. The zero-order valence-electron chi connectivity index (χ0n) is 12.3. The number of halogens is 1. The average Bonchev–Trinajstić information content (AvgIpc) is 3.12. The van der Waals surface area contributed by atoms with E-state index in [1.54, 1.807) is 11.3 Å². The fraction of sp³-hybridized carbons (Fsp3) is 0.438. The first-order valence-electron chi connectivity index (χ1n) is 7.29. The van der Waals surface area contributed by atoms with E-state index in [-0.39, 0.29) is 6.04 Å². The van der Waals surface area contributed by atoms with Crippen LogP contribution in [-0.4, -0.2) is 11.6 Å². The number of aryl methyl sites for hydroxylation is 1. The molecular weight excluding hydrogens is 348 g/mol. The molecule has 0 fully saturated rings. The fourth-order valence-corrected chi connectivity index (χ4v) is 3.95. The van der Waals surface area contributed by atoms with E-state index in [0.29, 0.717) is 0 Å². The summed E-state index contributed by atoms with van der Waals surface area (Å²) >= 11 is 5.38. The molecule has 1 aliphatic heterocycles. The van der Waals surface area contributed by atoms with Gasteiger partial charge in [-0.25, -0.2) is 4.98 Å². The third kappa shape index (κ3) is 3.30. The first-order valence-corrected chi connectivity index (χ1v) is 8.90. The maximum atomic E-state index is 5.77. The van der Waals surface area contributed by atoms with Crippen molar-refractivity contribution in [2.45, 2.75) is 39.3 Å². The highest BCUT2D eigenvalue weighted by molar-refractivity contribution is 9.10. The summed E-state index contributed by atoms with van der Waals surface area (Å²) in [5.74, 6) is 1.06. The first-order chi connectivity index (χ1) is 10.2. The summed E-state index contributed by atoms with van der Waals surface area (Å²) in [4.78, 5) is 5.84. The van der Waals surface area contributed by atoms with Gasteiger partial charge in [0.1, 0.15) is 10.8 Å². The van der Waals surface area contributed by atoms with Crippen LogP contribution in [-0.2, 0) is 19.4 Å². The molecule has 3 rings (SSSR count). The smallest absolute Gasteiger partial charge is 0.127 e. The van der Waals surface area contributed by atoms with E-state index in [1.165, 1.54) is 16.0 Å². The summed E-state index contributed by atoms with van der Waals surface area (Å²) in [6.07, 6.45) is 4.04. The summed E-state index contributed by atoms with van der Waals surface area (Å²) in [6, 6.07) is 4.55. The molecule has 1 aliphatic rings. The van der Waals surface area contributed by atoms with Gasteiger partial charge in [-0.15, -0.1) is 11.3 Å². The van der Waals surface area contributed by atoms with Crippen molar-refractivity contribution in [1.29, 1.82) is 0 Å². The number of nitrogens with zero attached hydrogens (tertiary/aromatic N) is 1. The van der Waals surface area contributed by atoms with Crippen molar-refractivity contribution in [3.63, 3.8) is 0 Å². The van der Waals surface area contributed by atoms with Gasteiger partial charge >= 0.3 is 0 Å². The van der Waals surface area contributed by atoms with Crippen LogP contribution in [0.15, 0.2) is 22.8 Å². The predicted molar refractivity (Wildman–Crippen MR) is 90.1 cm³/mol. The Morgan fingerprint density at radius 1 is 1.48 bits per heavy atom. The number of ether oxygens (including phenoxy) is 1. The molecule has 1 aromatic heterocycles. The second kappa shape index (κ2) is 6.46. The van der Waals surface area contributed by atoms with Crippen LogP contribution < -0.4 is 10.1 Å². The molecule has 1 atom stereocenters. The van der Waals surface area contributed by atoms with Gasteiger partial charge in [-0.1, -0.05) is 22.9 Å². The summed E-state index contributed by atoms with van der Waals surface area (Å²) in [7, 11) is 0. The van der Waals surface area contributed by atoms with Crippen molar-refractivity contribution < 1.29 is 4.74 Å². The monoisotopic (exact) mass is 366 g/mol. The molecule has 0 amide bonds. The number of fused-ring (bicyclic) bond motifs is 1. The largest absolute Gasteiger partial charge is 0.493 e. The van der Waals surface area contributed by atoms with E-state index >= 15 is 0 Å². The lowest BCUT2D eigenvalue weighted by molar-refractivity contribution is 0.351. The van der Waals surface area contributed by atoms with E-state index in [4.69, 9.17) is 4.74 Å². The van der Waals surface area contributed by atoms with Crippen LogP contribution in [0.3, 0.4) is 0 Å². The molecule has 1 unspecified atom stereocenters. The lowest BCUT2D eigenvalue weighted by Crippen LogP contribution is -2.18. The van der Waals surface area contributed by atoms with Crippen molar-refractivity contribution in [2.75, 3.05) is 6.61 Å². The van der Waals surface area contributed by atoms with Crippen molar-refractivity contribution in [1.82, 2.24) is 10.3 Å². The normalized spacial score (nSPS) is 14.8. The maximum Gasteiger partial charge on any atom is 0.127 e. The predicted octanol–water partition coefficient (Wildman–Crippen LogP) is 4.25. The molecule has 21 heavy (non-hydrogen) atoms. The topological polar surface area (TPSA) is 34.2 Å². The van der Waals surface area contributed by atoms with Crippen LogP contribution in [0.1, 0.15) is 40.9 Å². The lowest BCUT2D eigenvalue weighted by atomic mass is 10.1. The minimum absolute atomic E-state index is 0.256. The number of hydrogen-bond acceptors (Lipinski definition) is 4. The standard InChI is InChI=1S/C16H19BrN2OS/c1-3-14-9-19-16(21-14)10(2)18-8-12-7-13(17)6-11-4-5-20-15(11)12/h6-7,9-10,18H,3-5,8H2,1-2H3. The highest BCUT2D eigenvalue weighted by Gasteiger charge is 2.18. The van der Waals surface area contributed by atoms with Crippen LogP contribution in [0, 0.1) is 0 Å². The zero-order chi connectivity index (χ0) is 14.8. The molecule has 1 aromatic carbocycles. The van der Waals surface area contributed by atoms with Crippen LogP contribution in [0.4, 0.5) is 0 Å². The highest BCUT2D eigenvalue weighted by atomic mass is 79.9. The van der Waals surface area contributed by atoms with Gasteiger partial charge in [0.25, 0.3) is 0 Å². The molecule has 0 saturated heterocycles. The Labute approximate surface area is 137 Å². The van der Waals surface area contributed by atoms with Crippen molar-refractivity contribution >= 4 is 27.3 Å². The number of rotatable bonds is 5. The Kier molecular flexibility index (Phi) is 4.62. The number of nitrogens with one attached hydrogen (secondary N) is 1. The third-order valence-electron chi connectivity index (χ3n) is 3.71. The van der Waals surface area contributed by atoms with Crippen LogP contribution >= 0.6 is 27.3 Å². The van der Waals surface area contributed by atoms with Gasteiger partial charge < -0.3 is 10.1 Å². The van der Waals surface area contributed by atoms with E-state index in [2.05, 4.69) is 52.2 Å². The lowest BCUT2D eigenvalue weighted by Gasteiger charge is -2.14. The second-order valence-electron chi connectivity index (χ2n) is 5.27. The van der Waals surface area contributed by atoms with Crippen molar-refractivity contribution in [3.8, 4) is 5.75 Å². The van der Waals surface area contributed by atoms with E-state index in [1.807, 2.05) is 6.20 Å². The Hall–Kier alpha value is -0.910. The van der Waals surface area contributed by atoms with E-state index < -0.39 is 0 Å². The van der Waals surface area contributed by atoms with E-state index in [9.17, 15) is 0 Å². The Morgan fingerprint density at radius 3 is 3.10 bits per heavy atom. The number of benzene rings is 1. The molecule has 3 nitrogen and oxygen atoms in total. The molecule has 1 N–H and O–H groups in total. The van der Waals surface area contributed by atoms with Gasteiger partial charge in [-0.2, -0.15) is 0 Å². The van der Waals surface area contributed by atoms with Crippen LogP contribution in [0.2, 0.25) is 0 Å². The van der Waals surface area contributed by atoms with Crippen molar-refractivity contribution in [3.05, 3.63) is 43.8 Å². The summed E-state index contributed by atoms with van der Waals surface area (Å²) in [6.45, 7) is 5.92.